The van der Waals surface area contributed by atoms with Crippen molar-refractivity contribution in [2.45, 2.75) is 13.5 Å². The van der Waals surface area contributed by atoms with Gasteiger partial charge < -0.3 is 8.82 Å². The molecule has 4 rings (SSSR count). The normalized spacial score (nSPS) is 11.2. The van der Waals surface area contributed by atoms with E-state index in [-0.39, 0.29) is 18.3 Å². The first kappa shape index (κ1) is 14.4. The van der Waals surface area contributed by atoms with Gasteiger partial charge in [-0.25, -0.2) is 14.2 Å². The van der Waals surface area contributed by atoms with Gasteiger partial charge >= 0.3 is 5.76 Å². The van der Waals surface area contributed by atoms with Gasteiger partial charge in [-0.15, -0.1) is 5.10 Å². The van der Waals surface area contributed by atoms with Crippen molar-refractivity contribution in [1.29, 1.82) is 0 Å². The molecule has 0 radical (unpaired) electrons. The number of benzene rings is 1. The van der Waals surface area contributed by atoms with E-state index >= 15 is 0 Å². The molecule has 4 aromatic rings. The third-order valence-corrected chi connectivity index (χ3v) is 3.66. The number of halogens is 1. The van der Waals surface area contributed by atoms with Crippen LogP contribution < -0.4 is 5.76 Å². The maximum atomic E-state index is 13.0. The molecule has 3 heterocycles. The van der Waals surface area contributed by atoms with Gasteiger partial charge in [-0.3, -0.25) is 0 Å². The van der Waals surface area contributed by atoms with E-state index in [0.717, 1.165) is 11.2 Å². The predicted octanol–water partition coefficient (Wildman–Crippen LogP) is 2.65. The minimum absolute atomic E-state index is 0.152. The summed E-state index contributed by atoms with van der Waals surface area (Å²) in [5, 5.41) is 4.16. The summed E-state index contributed by atoms with van der Waals surface area (Å²) in [4.78, 5) is 16.4. The number of aryl methyl sites for hydroxylation is 1. The van der Waals surface area contributed by atoms with Gasteiger partial charge in [0.1, 0.15) is 11.5 Å². The van der Waals surface area contributed by atoms with Crippen LogP contribution in [0.4, 0.5) is 4.39 Å². The minimum atomic E-state index is -0.581. The Morgan fingerprint density at radius 2 is 1.92 bits per heavy atom. The first-order valence-corrected chi connectivity index (χ1v) is 7.36. The largest absolute Gasteiger partial charge is 0.437 e. The molecule has 0 fully saturated rings. The maximum Gasteiger partial charge on any atom is 0.437 e. The topological polar surface area (TPSA) is 65.3 Å². The highest BCUT2D eigenvalue weighted by Crippen LogP contribution is 2.16. The molecule has 6 nitrogen and oxygen atoms in total. The summed E-state index contributed by atoms with van der Waals surface area (Å²) in [6.07, 6.45) is 3.81. The van der Waals surface area contributed by atoms with E-state index in [1.807, 2.05) is 35.9 Å². The number of fused-ring (bicyclic) bond motifs is 1. The second-order valence-electron chi connectivity index (χ2n) is 5.54. The monoisotopic (exact) mass is 324 g/mol. The van der Waals surface area contributed by atoms with Crippen molar-refractivity contribution >= 4 is 5.65 Å². The zero-order valence-electron chi connectivity index (χ0n) is 12.8. The lowest BCUT2D eigenvalue weighted by molar-refractivity contribution is 0.493. The summed E-state index contributed by atoms with van der Waals surface area (Å²) in [5.74, 6) is -0.789. The van der Waals surface area contributed by atoms with Gasteiger partial charge in [0.15, 0.2) is 0 Å². The Morgan fingerprint density at radius 3 is 2.71 bits per heavy atom. The lowest BCUT2D eigenvalue weighted by atomic mass is 10.2. The van der Waals surface area contributed by atoms with Gasteiger partial charge in [-0.05, 0) is 42.8 Å². The van der Waals surface area contributed by atoms with Crippen LogP contribution in [0.25, 0.3) is 17.1 Å². The Bertz CT molecular complexity index is 1080. The highest BCUT2D eigenvalue weighted by Gasteiger charge is 2.12. The summed E-state index contributed by atoms with van der Waals surface area (Å²) in [7, 11) is 0. The molecule has 0 N–H and O–H groups in total. The molecule has 0 atom stereocenters. The van der Waals surface area contributed by atoms with Crippen molar-refractivity contribution in [3.05, 3.63) is 76.4 Å². The van der Waals surface area contributed by atoms with Crippen LogP contribution in [0.2, 0.25) is 0 Å². The molecule has 0 saturated heterocycles. The van der Waals surface area contributed by atoms with E-state index in [4.69, 9.17) is 4.42 Å². The van der Waals surface area contributed by atoms with Crippen LogP contribution in [0.5, 0.6) is 0 Å². The lowest BCUT2D eigenvalue weighted by Crippen LogP contribution is -2.16. The SMILES string of the molecule is Cc1ccc2nc(Cn3nc(-c4ccc(F)cc4)oc3=O)cn2c1. The maximum absolute atomic E-state index is 13.0. The van der Waals surface area contributed by atoms with Crippen molar-refractivity contribution in [2.24, 2.45) is 0 Å². The number of nitrogens with zero attached hydrogens (tertiary/aromatic N) is 4. The third-order valence-electron chi connectivity index (χ3n) is 3.66. The average Bonchev–Trinajstić information content (AvgIpc) is 3.11. The van der Waals surface area contributed by atoms with Crippen molar-refractivity contribution in [3.8, 4) is 11.5 Å². The van der Waals surface area contributed by atoms with Gasteiger partial charge in [-0.2, -0.15) is 4.68 Å². The Hall–Kier alpha value is -3.22. The molecule has 0 aliphatic rings. The zero-order chi connectivity index (χ0) is 16.7. The molecule has 1 aromatic carbocycles. The highest BCUT2D eigenvalue weighted by molar-refractivity contribution is 5.51. The van der Waals surface area contributed by atoms with E-state index in [1.165, 1.54) is 28.9 Å². The Balaban J connectivity index is 1.66. The molecular weight excluding hydrogens is 311 g/mol. The Kier molecular flexibility index (Phi) is 3.26. The fourth-order valence-electron chi connectivity index (χ4n) is 2.50. The average molecular weight is 324 g/mol. The molecule has 120 valence electrons. The first-order chi connectivity index (χ1) is 11.6. The molecule has 3 aromatic heterocycles. The molecule has 0 aliphatic carbocycles. The van der Waals surface area contributed by atoms with Crippen LogP contribution in [-0.2, 0) is 6.54 Å². The number of hydrogen-bond donors (Lipinski definition) is 0. The van der Waals surface area contributed by atoms with E-state index in [9.17, 15) is 9.18 Å². The molecule has 7 heteroatoms. The number of pyridine rings is 1. The number of rotatable bonds is 3. The fourth-order valence-corrected chi connectivity index (χ4v) is 2.50. The van der Waals surface area contributed by atoms with Crippen molar-refractivity contribution < 1.29 is 8.81 Å². The third kappa shape index (κ3) is 2.60. The smallest absolute Gasteiger partial charge is 0.388 e. The molecule has 0 unspecified atom stereocenters. The van der Waals surface area contributed by atoms with E-state index in [0.29, 0.717) is 11.3 Å². The van der Waals surface area contributed by atoms with Crippen LogP contribution >= 0.6 is 0 Å². The van der Waals surface area contributed by atoms with Crippen molar-refractivity contribution in [3.63, 3.8) is 0 Å². The summed E-state index contributed by atoms with van der Waals surface area (Å²) in [5.41, 5.74) is 3.15. The van der Waals surface area contributed by atoms with Gasteiger partial charge in [0.25, 0.3) is 0 Å². The van der Waals surface area contributed by atoms with Crippen LogP contribution in [0.3, 0.4) is 0 Å². The summed E-state index contributed by atoms with van der Waals surface area (Å²) < 4.78 is 21.2. The second kappa shape index (κ2) is 5.45. The molecular formula is C17H13FN4O2. The predicted molar refractivity (Wildman–Crippen MR) is 85.2 cm³/mol. The zero-order valence-corrected chi connectivity index (χ0v) is 12.8. The van der Waals surface area contributed by atoms with E-state index in [2.05, 4.69) is 10.1 Å². The first-order valence-electron chi connectivity index (χ1n) is 7.36. The van der Waals surface area contributed by atoms with Crippen LogP contribution in [-0.4, -0.2) is 19.2 Å². The second-order valence-corrected chi connectivity index (χ2v) is 5.54. The molecule has 0 bridgehead atoms. The molecule has 0 spiro atoms. The Morgan fingerprint density at radius 1 is 1.12 bits per heavy atom. The number of imidazole rings is 1. The van der Waals surface area contributed by atoms with Crippen LogP contribution in [0.1, 0.15) is 11.3 Å². The molecule has 24 heavy (non-hydrogen) atoms. The minimum Gasteiger partial charge on any atom is -0.388 e. The summed E-state index contributed by atoms with van der Waals surface area (Å²) in [6, 6.07) is 9.49. The number of aromatic nitrogens is 4. The quantitative estimate of drug-likeness (QED) is 0.581. The van der Waals surface area contributed by atoms with Gasteiger partial charge in [0.05, 0.1) is 12.2 Å². The van der Waals surface area contributed by atoms with E-state index < -0.39 is 5.76 Å². The molecule has 0 amide bonds. The molecule has 0 saturated carbocycles. The van der Waals surface area contributed by atoms with Gasteiger partial charge in [-0.1, -0.05) is 6.07 Å². The fraction of sp³-hybridized carbons (Fsp3) is 0.118. The summed E-state index contributed by atoms with van der Waals surface area (Å²) >= 11 is 0. The lowest BCUT2D eigenvalue weighted by Gasteiger charge is -1.94. The van der Waals surface area contributed by atoms with E-state index in [1.54, 1.807) is 0 Å². The van der Waals surface area contributed by atoms with Crippen LogP contribution in [0, 0.1) is 12.7 Å². The highest BCUT2D eigenvalue weighted by atomic mass is 19.1. The number of hydrogen-bond acceptors (Lipinski definition) is 4. The van der Waals surface area contributed by atoms with Crippen molar-refractivity contribution in [1.82, 2.24) is 19.2 Å². The van der Waals surface area contributed by atoms with Gasteiger partial charge in [0.2, 0.25) is 5.89 Å². The Labute approximate surface area is 135 Å². The standard InChI is InChI=1S/C17H13FN4O2/c1-11-2-7-15-19-14(9-21(15)8-11)10-22-17(23)24-16(20-22)12-3-5-13(18)6-4-12/h2-9H,10H2,1H3. The van der Waals surface area contributed by atoms with Crippen molar-refractivity contribution in [2.75, 3.05) is 0 Å². The van der Waals surface area contributed by atoms with Gasteiger partial charge in [0, 0.05) is 18.0 Å². The summed E-state index contributed by atoms with van der Waals surface area (Å²) in [6.45, 7) is 2.19. The molecule has 0 aliphatic heterocycles. The van der Waals surface area contributed by atoms with Crippen LogP contribution in [0.15, 0.2) is 58.0 Å².